The molecule has 4 rings (SSSR count). The summed E-state index contributed by atoms with van der Waals surface area (Å²) in [6.07, 6.45) is 0. The van der Waals surface area contributed by atoms with Gasteiger partial charge in [-0.1, -0.05) is 46.3 Å². The number of carbonyl (C=O) groups excluding carboxylic acids is 2. The Labute approximate surface area is 193 Å². The van der Waals surface area contributed by atoms with Crippen molar-refractivity contribution in [2.45, 2.75) is 12.6 Å². The number of rotatable bonds is 5. The smallest absolute Gasteiger partial charge is 0.255 e. The highest BCUT2D eigenvalue weighted by molar-refractivity contribution is 9.10. The molecule has 8 heteroatoms. The summed E-state index contributed by atoms with van der Waals surface area (Å²) in [5, 5.41) is 5.97. The maximum atomic E-state index is 14.1. The Morgan fingerprint density at radius 3 is 2.72 bits per heavy atom. The fraction of sp³-hybridized carbons (Fsp3) is 0.167. The second kappa shape index (κ2) is 9.40. The normalized spacial score (nSPS) is 15.4. The van der Waals surface area contributed by atoms with Crippen LogP contribution in [0.3, 0.4) is 0 Å². The lowest BCUT2D eigenvalue weighted by molar-refractivity contribution is -0.120. The number of benzene rings is 3. The number of hydrogen-bond donors (Lipinski definition) is 2. The number of hydrogen-bond acceptors (Lipinski definition) is 4. The van der Waals surface area contributed by atoms with E-state index in [2.05, 4.69) is 26.6 Å². The largest absolute Gasteiger partial charge is 0.496 e. The first kappa shape index (κ1) is 21.8. The van der Waals surface area contributed by atoms with Crippen molar-refractivity contribution in [1.82, 2.24) is 5.32 Å². The molecule has 3 aromatic carbocycles. The molecule has 2 N–H and O–H groups in total. The molecule has 3 aromatic rings. The molecule has 6 nitrogen and oxygen atoms in total. The van der Waals surface area contributed by atoms with Gasteiger partial charge in [-0.2, -0.15) is 0 Å². The van der Waals surface area contributed by atoms with Crippen molar-refractivity contribution in [3.8, 4) is 5.75 Å². The number of ether oxygens (including phenoxy) is 1. The molecule has 0 bridgehead atoms. The summed E-state index contributed by atoms with van der Waals surface area (Å²) in [4.78, 5) is 28.0. The van der Waals surface area contributed by atoms with Gasteiger partial charge in [0.25, 0.3) is 11.8 Å². The molecular weight excluding hydrogens is 477 g/mol. The summed E-state index contributed by atoms with van der Waals surface area (Å²) < 4.78 is 20.1. The predicted octanol–water partition coefficient (Wildman–Crippen LogP) is 4.35. The van der Waals surface area contributed by atoms with Crippen molar-refractivity contribution in [2.24, 2.45) is 0 Å². The zero-order valence-electron chi connectivity index (χ0n) is 17.3. The van der Waals surface area contributed by atoms with Crippen molar-refractivity contribution in [2.75, 3.05) is 23.9 Å². The third-order valence-corrected chi connectivity index (χ3v) is 5.70. The first-order valence-corrected chi connectivity index (χ1v) is 10.8. The van der Waals surface area contributed by atoms with E-state index in [4.69, 9.17) is 4.74 Å². The standard InChI is InChI=1S/C24H21BrFN3O3/c1-32-22-10-7-16(25)11-18(22)23(30)28-20-13-27-19-9-8-17(26)12-21(19)29(24(20)31)14-15-5-3-2-4-6-15/h2-12,20,27H,13-14H2,1H3,(H,28,30)/t20-/m0/s1. The van der Waals surface area contributed by atoms with E-state index in [1.165, 1.54) is 24.1 Å². The van der Waals surface area contributed by atoms with Gasteiger partial charge < -0.3 is 20.3 Å². The van der Waals surface area contributed by atoms with Gasteiger partial charge in [-0.3, -0.25) is 9.59 Å². The molecule has 0 radical (unpaired) electrons. The monoisotopic (exact) mass is 497 g/mol. The van der Waals surface area contributed by atoms with E-state index in [0.29, 0.717) is 27.2 Å². The quantitative estimate of drug-likeness (QED) is 0.549. The lowest BCUT2D eigenvalue weighted by Crippen LogP contribution is -2.50. The summed E-state index contributed by atoms with van der Waals surface area (Å²) >= 11 is 3.36. The van der Waals surface area contributed by atoms with Crippen molar-refractivity contribution >= 4 is 39.1 Å². The van der Waals surface area contributed by atoms with Gasteiger partial charge in [-0.05, 0) is 42.0 Å². The topological polar surface area (TPSA) is 70.7 Å². The molecule has 1 aliphatic heterocycles. The number of methoxy groups -OCH3 is 1. The summed E-state index contributed by atoms with van der Waals surface area (Å²) in [5.74, 6) is -0.836. The molecule has 0 fully saturated rings. The summed E-state index contributed by atoms with van der Waals surface area (Å²) in [6.45, 7) is 0.398. The van der Waals surface area contributed by atoms with E-state index < -0.39 is 17.8 Å². The third kappa shape index (κ3) is 4.60. The average Bonchev–Trinajstić information content (AvgIpc) is 2.92. The second-order valence-electron chi connectivity index (χ2n) is 7.32. The molecule has 2 amide bonds. The van der Waals surface area contributed by atoms with Crippen LogP contribution in [-0.4, -0.2) is 31.5 Å². The van der Waals surface area contributed by atoms with Gasteiger partial charge in [0.15, 0.2) is 0 Å². The lowest BCUT2D eigenvalue weighted by Gasteiger charge is -2.26. The van der Waals surface area contributed by atoms with Crippen LogP contribution in [0.15, 0.2) is 71.2 Å². The minimum absolute atomic E-state index is 0.158. The zero-order valence-corrected chi connectivity index (χ0v) is 18.9. The molecular formula is C24H21BrFN3O3. The van der Waals surface area contributed by atoms with Gasteiger partial charge >= 0.3 is 0 Å². The zero-order chi connectivity index (χ0) is 22.7. The highest BCUT2D eigenvalue weighted by atomic mass is 79.9. The average molecular weight is 498 g/mol. The number of carbonyl (C=O) groups is 2. The van der Waals surface area contributed by atoms with Crippen LogP contribution in [-0.2, 0) is 11.3 Å². The number of fused-ring (bicyclic) bond motifs is 1. The first-order chi connectivity index (χ1) is 15.5. The van der Waals surface area contributed by atoms with Crippen LogP contribution >= 0.6 is 15.9 Å². The van der Waals surface area contributed by atoms with Crippen molar-refractivity contribution < 1.29 is 18.7 Å². The number of nitrogens with zero attached hydrogens (tertiary/aromatic N) is 1. The van der Waals surface area contributed by atoms with E-state index >= 15 is 0 Å². The Balaban J connectivity index is 1.65. The molecule has 1 aliphatic rings. The Morgan fingerprint density at radius 1 is 1.19 bits per heavy atom. The maximum absolute atomic E-state index is 14.1. The van der Waals surface area contributed by atoms with Crippen LogP contribution in [0.1, 0.15) is 15.9 Å². The van der Waals surface area contributed by atoms with Crippen LogP contribution in [0, 0.1) is 5.82 Å². The Morgan fingerprint density at radius 2 is 1.97 bits per heavy atom. The van der Waals surface area contributed by atoms with E-state index in [0.717, 1.165) is 5.56 Å². The molecule has 0 saturated heterocycles. The van der Waals surface area contributed by atoms with Gasteiger partial charge in [0.2, 0.25) is 0 Å². The summed E-state index contributed by atoms with van der Waals surface area (Å²) in [7, 11) is 1.48. The number of halogens is 2. The Kier molecular flexibility index (Phi) is 6.41. The Hall–Kier alpha value is -3.39. The van der Waals surface area contributed by atoms with Gasteiger partial charge in [0, 0.05) is 11.0 Å². The fourth-order valence-corrected chi connectivity index (χ4v) is 3.98. The van der Waals surface area contributed by atoms with E-state index in [1.54, 1.807) is 24.3 Å². The highest BCUT2D eigenvalue weighted by Crippen LogP contribution is 2.31. The SMILES string of the molecule is COc1ccc(Br)cc1C(=O)N[C@H]1CNc2ccc(F)cc2N(Cc2ccccc2)C1=O. The van der Waals surface area contributed by atoms with Crippen LogP contribution in [0.25, 0.3) is 0 Å². The molecule has 164 valence electrons. The summed E-state index contributed by atoms with van der Waals surface area (Å²) in [5.41, 5.74) is 2.23. The van der Waals surface area contributed by atoms with Crippen LogP contribution < -0.4 is 20.3 Å². The minimum Gasteiger partial charge on any atom is -0.496 e. The number of amides is 2. The van der Waals surface area contributed by atoms with Gasteiger partial charge in [0.05, 0.1) is 30.6 Å². The number of anilines is 2. The van der Waals surface area contributed by atoms with Crippen LogP contribution in [0.4, 0.5) is 15.8 Å². The number of nitrogens with one attached hydrogen (secondary N) is 2. The molecule has 0 aromatic heterocycles. The first-order valence-electron chi connectivity index (χ1n) is 9.99. The third-order valence-electron chi connectivity index (χ3n) is 5.21. The fourth-order valence-electron chi connectivity index (χ4n) is 3.62. The molecule has 0 spiro atoms. The maximum Gasteiger partial charge on any atom is 0.255 e. The van der Waals surface area contributed by atoms with E-state index in [-0.39, 0.29) is 19.0 Å². The van der Waals surface area contributed by atoms with Crippen molar-refractivity contribution in [3.05, 3.63) is 88.1 Å². The molecule has 1 atom stereocenters. The van der Waals surface area contributed by atoms with Crippen LogP contribution in [0.2, 0.25) is 0 Å². The van der Waals surface area contributed by atoms with Gasteiger partial charge in [-0.25, -0.2) is 4.39 Å². The lowest BCUT2D eigenvalue weighted by atomic mass is 10.1. The molecule has 0 saturated carbocycles. The molecule has 32 heavy (non-hydrogen) atoms. The minimum atomic E-state index is -0.870. The predicted molar refractivity (Wildman–Crippen MR) is 124 cm³/mol. The van der Waals surface area contributed by atoms with Gasteiger partial charge in [-0.15, -0.1) is 0 Å². The second-order valence-corrected chi connectivity index (χ2v) is 8.24. The highest BCUT2D eigenvalue weighted by Gasteiger charge is 2.32. The molecule has 0 unspecified atom stereocenters. The van der Waals surface area contributed by atoms with E-state index in [9.17, 15) is 14.0 Å². The van der Waals surface area contributed by atoms with E-state index in [1.807, 2.05) is 30.3 Å². The summed E-state index contributed by atoms with van der Waals surface area (Å²) in [6, 6.07) is 17.9. The van der Waals surface area contributed by atoms with Gasteiger partial charge in [0.1, 0.15) is 17.6 Å². The van der Waals surface area contributed by atoms with Crippen molar-refractivity contribution in [3.63, 3.8) is 0 Å². The van der Waals surface area contributed by atoms with Crippen LogP contribution in [0.5, 0.6) is 5.75 Å². The Bertz CT molecular complexity index is 1160. The molecule has 1 heterocycles. The van der Waals surface area contributed by atoms with Crippen molar-refractivity contribution in [1.29, 1.82) is 0 Å². The molecule has 0 aliphatic carbocycles.